The van der Waals surface area contributed by atoms with Crippen LogP contribution in [0, 0.1) is 0 Å². The Morgan fingerprint density at radius 1 is 0.893 bits per heavy atom. The van der Waals surface area contributed by atoms with Gasteiger partial charge in [0, 0.05) is 12.2 Å². The van der Waals surface area contributed by atoms with Crippen molar-refractivity contribution >= 4 is 21.8 Å². The monoisotopic (exact) mass is 408 g/mol. The maximum atomic E-state index is 11.2. The van der Waals surface area contributed by atoms with Crippen LogP contribution < -0.4 is 4.72 Å². The number of anilines is 1. The predicted octanol–water partition coefficient (Wildman–Crippen LogP) is 5.92. The van der Waals surface area contributed by atoms with Gasteiger partial charge >= 0.3 is 0 Å². The van der Waals surface area contributed by atoms with Gasteiger partial charge < -0.3 is 4.90 Å². The van der Waals surface area contributed by atoms with E-state index in [0.29, 0.717) is 5.69 Å². The van der Waals surface area contributed by atoms with Crippen LogP contribution in [0.5, 0.6) is 0 Å². The van der Waals surface area contributed by atoms with Crippen LogP contribution in [0.3, 0.4) is 0 Å². The molecule has 4 nitrogen and oxygen atoms in total. The zero-order valence-electron chi connectivity index (χ0n) is 18.1. The van der Waals surface area contributed by atoms with Gasteiger partial charge in [-0.1, -0.05) is 83.1 Å². The van der Waals surface area contributed by atoms with Gasteiger partial charge in [0.25, 0.3) is 0 Å². The molecule has 0 spiro atoms. The summed E-state index contributed by atoms with van der Waals surface area (Å²) >= 11 is 0. The molecule has 0 aliphatic carbocycles. The van der Waals surface area contributed by atoms with E-state index >= 15 is 0 Å². The van der Waals surface area contributed by atoms with Gasteiger partial charge in [-0.15, -0.1) is 0 Å². The third-order valence-corrected chi connectivity index (χ3v) is 5.52. The first kappa shape index (κ1) is 24.7. The first-order valence-electron chi connectivity index (χ1n) is 10.9. The Morgan fingerprint density at radius 3 is 2.07 bits per heavy atom. The van der Waals surface area contributed by atoms with Crippen molar-refractivity contribution in [3.8, 4) is 0 Å². The second-order valence-electron chi connectivity index (χ2n) is 7.60. The lowest BCUT2D eigenvalue weighted by atomic mass is 10.1. The van der Waals surface area contributed by atoms with Gasteiger partial charge in [0.1, 0.15) is 0 Å². The quantitative estimate of drug-likeness (QED) is 0.345. The van der Waals surface area contributed by atoms with Crippen LogP contribution in [-0.4, -0.2) is 39.2 Å². The highest BCUT2D eigenvalue weighted by molar-refractivity contribution is 7.92. The summed E-state index contributed by atoms with van der Waals surface area (Å²) in [6.07, 6.45) is 17.5. The van der Waals surface area contributed by atoms with E-state index in [2.05, 4.69) is 35.6 Å². The smallest absolute Gasteiger partial charge is 0.229 e. The summed E-state index contributed by atoms with van der Waals surface area (Å²) in [5.74, 6) is 0. The van der Waals surface area contributed by atoms with Crippen LogP contribution in [0.2, 0.25) is 0 Å². The molecule has 1 aromatic carbocycles. The van der Waals surface area contributed by atoms with E-state index in [9.17, 15) is 8.42 Å². The Balaban J connectivity index is 2.19. The summed E-state index contributed by atoms with van der Waals surface area (Å²) in [7, 11) is -3.21. The molecule has 0 aliphatic rings. The Morgan fingerprint density at radius 2 is 1.50 bits per heavy atom. The molecule has 0 heterocycles. The number of unbranched alkanes of at least 4 members (excludes halogenated alkanes) is 7. The minimum absolute atomic E-state index is 0.599. The van der Waals surface area contributed by atoms with Crippen molar-refractivity contribution in [1.82, 2.24) is 4.90 Å². The predicted molar refractivity (Wildman–Crippen MR) is 123 cm³/mol. The SMILES string of the molecule is CCCCCCCCCCN(CC)CC/C=C/c1ccc(NS(C)(=O)=O)cc1. The molecule has 0 fully saturated rings. The van der Waals surface area contributed by atoms with E-state index in [4.69, 9.17) is 0 Å². The third kappa shape index (κ3) is 12.9. The van der Waals surface area contributed by atoms with E-state index in [-0.39, 0.29) is 0 Å². The molecule has 0 saturated heterocycles. The summed E-state index contributed by atoms with van der Waals surface area (Å²) in [6, 6.07) is 7.45. The second-order valence-corrected chi connectivity index (χ2v) is 9.34. The van der Waals surface area contributed by atoms with Crippen LogP contribution in [0.1, 0.15) is 77.2 Å². The van der Waals surface area contributed by atoms with Crippen molar-refractivity contribution in [3.05, 3.63) is 35.9 Å². The summed E-state index contributed by atoms with van der Waals surface area (Å²) in [5, 5.41) is 0. The minimum atomic E-state index is -3.21. The molecule has 0 radical (unpaired) electrons. The Labute approximate surface area is 173 Å². The Bertz CT molecular complexity index is 639. The largest absolute Gasteiger partial charge is 0.303 e. The molecule has 5 heteroatoms. The average molecular weight is 409 g/mol. The van der Waals surface area contributed by atoms with Crippen molar-refractivity contribution in [2.45, 2.75) is 71.6 Å². The highest BCUT2D eigenvalue weighted by Gasteiger charge is 2.02. The number of hydrogen-bond donors (Lipinski definition) is 1. The van der Waals surface area contributed by atoms with Crippen LogP contribution in [0.15, 0.2) is 30.3 Å². The molecule has 0 amide bonds. The van der Waals surface area contributed by atoms with Crippen molar-refractivity contribution in [3.63, 3.8) is 0 Å². The molecular weight excluding hydrogens is 368 g/mol. The average Bonchev–Trinajstić information content (AvgIpc) is 2.65. The normalized spacial score (nSPS) is 12.1. The van der Waals surface area contributed by atoms with Gasteiger partial charge in [0.2, 0.25) is 10.0 Å². The van der Waals surface area contributed by atoms with Gasteiger partial charge in [-0.3, -0.25) is 4.72 Å². The highest BCUT2D eigenvalue weighted by atomic mass is 32.2. The number of rotatable bonds is 16. The topological polar surface area (TPSA) is 49.4 Å². The molecular formula is C23H40N2O2S. The molecule has 1 aromatic rings. The maximum absolute atomic E-state index is 11.2. The molecule has 0 aromatic heterocycles. The highest BCUT2D eigenvalue weighted by Crippen LogP contribution is 2.12. The van der Waals surface area contributed by atoms with E-state index < -0.39 is 10.0 Å². The Hall–Kier alpha value is -1.33. The van der Waals surface area contributed by atoms with Crippen molar-refractivity contribution < 1.29 is 8.42 Å². The standard InChI is InChI=1S/C23H40N2O2S/c1-4-6-7-8-9-10-11-13-20-25(5-2)21-14-12-15-22-16-18-23(19-17-22)24-28(3,26)27/h12,15-19,24H,4-11,13-14,20-21H2,1-3H3/b15-12+. The summed E-state index contributed by atoms with van der Waals surface area (Å²) in [4.78, 5) is 2.53. The molecule has 0 atom stereocenters. The number of hydrogen-bond acceptors (Lipinski definition) is 3. The zero-order valence-corrected chi connectivity index (χ0v) is 18.9. The van der Waals surface area contributed by atoms with E-state index in [0.717, 1.165) is 31.3 Å². The van der Waals surface area contributed by atoms with Crippen LogP contribution >= 0.6 is 0 Å². The third-order valence-electron chi connectivity index (χ3n) is 4.91. The molecule has 1 N–H and O–H groups in total. The molecule has 0 saturated carbocycles. The second kappa shape index (κ2) is 14.6. The van der Waals surface area contributed by atoms with E-state index in [1.165, 1.54) is 57.9 Å². The minimum Gasteiger partial charge on any atom is -0.303 e. The van der Waals surface area contributed by atoms with E-state index in [1.807, 2.05) is 12.1 Å². The van der Waals surface area contributed by atoms with Crippen LogP contribution in [-0.2, 0) is 10.0 Å². The van der Waals surface area contributed by atoms with Crippen LogP contribution in [0.25, 0.3) is 6.08 Å². The number of benzene rings is 1. The van der Waals surface area contributed by atoms with Crippen molar-refractivity contribution in [2.24, 2.45) is 0 Å². The van der Waals surface area contributed by atoms with Gasteiger partial charge in [-0.2, -0.15) is 0 Å². The Kier molecular flexibility index (Phi) is 12.9. The summed E-state index contributed by atoms with van der Waals surface area (Å²) in [5.41, 5.74) is 1.69. The lowest BCUT2D eigenvalue weighted by molar-refractivity contribution is 0.286. The van der Waals surface area contributed by atoms with Gasteiger partial charge in [0.15, 0.2) is 0 Å². The van der Waals surface area contributed by atoms with Crippen molar-refractivity contribution in [2.75, 3.05) is 30.6 Å². The fourth-order valence-corrected chi connectivity index (χ4v) is 3.81. The van der Waals surface area contributed by atoms with Crippen molar-refractivity contribution in [1.29, 1.82) is 0 Å². The van der Waals surface area contributed by atoms with Gasteiger partial charge in [-0.25, -0.2) is 8.42 Å². The number of sulfonamides is 1. The van der Waals surface area contributed by atoms with E-state index in [1.54, 1.807) is 12.1 Å². The fourth-order valence-electron chi connectivity index (χ4n) is 3.25. The number of nitrogens with zero attached hydrogens (tertiary/aromatic N) is 1. The molecule has 0 bridgehead atoms. The molecule has 0 aliphatic heterocycles. The summed E-state index contributed by atoms with van der Waals surface area (Å²) in [6.45, 7) is 7.91. The zero-order chi connectivity index (χ0) is 20.7. The molecule has 0 unspecified atom stereocenters. The van der Waals surface area contributed by atoms with Crippen LogP contribution in [0.4, 0.5) is 5.69 Å². The first-order valence-corrected chi connectivity index (χ1v) is 12.8. The van der Waals surface area contributed by atoms with Gasteiger partial charge in [0.05, 0.1) is 6.26 Å². The fraction of sp³-hybridized carbons (Fsp3) is 0.652. The maximum Gasteiger partial charge on any atom is 0.229 e. The molecule has 1 rings (SSSR count). The number of nitrogens with one attached hydrogen (secondary N) is 1. The first-order chi connectivity index (χ1) is 13.4. The lowest BCUT2D eigenvalue weighted by Gasteiger charge is -2.19. The molecule has 160 valence electrons. The van der Waals surface area contributed by atoms with Gasteiger partial charge in [-0.05, 0) is 43.6 Å². The molecule has 28 heavy (non-hydrogen) atoms. The lowest BCUT2D eigenvalue weighted by Crippen LogP contribution is -2.25. The summed E-state index contributed by atoms with van der Waals surface area (Å²) < 4.78 is 24.9.